The molecule has 0 bridgehead atoms. The maximum absolute atomic E-state index is 13.5. The van der Waals surface area contributed by atoms with Gasteiger partial charge in [-0.1, -0.05) is 47.9 Å². The molecule has 2 aromatic rings. The first kappa shape index (κ1) is 17.7. The minimum atomic E-state index is -0.377. The van der Waals surface area contributed by atoms with Gasteiger partial charge in [0.2, 0.25) is 5.91 Å². The highest BCUT2D eigenvalue weighted by Gasteiger charge is 2.45. The summed E-state index contributed by atoms with van der Waals surface area (Å²) in [7, 11) is 0. The third-order valence-corrected chi connectivity index (χ3v) is 6.43. The molecule has 4 rings (SSSR count). The van der Waals surface area contributed by atoms with E-state index in [9.17, 15) is 4.79 Å². The van der Waals surface area contributed by atoms with Crippen molar-refractivity contribution >= 4 is 28.8 Å². The van der Waals surface area contributed by atoms with Crippen LogP contribution < -0.4 is 4.74 Å². The van der Waals surface area contributed by atoms with Gasteiger partial charge in [0.05, 0.1) is 5.41 Å². The topological polar surface area (TPSA) is 55.3 Å². The fraction of sp³-hybridized carbons (Fsp3) is 0.526. The molecule has 0 N–H and O–H groups in total. The van der Waals surface area contributed by atoms with Crippen LogP contribution >= 0.6 is 22.9 Å². The van der Waals surface area contributed by atoms with Crippen molar-refractivity contribution in [2.75, 3.05) is 13.1 Å². The van der Waals surface area contributed by atoms with Crippen LogP contribution in [-0.2, 0) is 10.2 Å². The number of piperidine rings is 1. The Labute approximate surface area is 162 Å². The van der Waals surface area contributed by atoms with Gasteiger partial charge in [0.25, 0.3) is 5.19 Å². The Kier molecular flexibility index (Phi) is 5.14. The number of halogens is 1. The van der Waals surface area contributed by atoms with Crippen LogP contribution in [0.5, 0.6) is 5.19 Å². The highest BCUT2D eigenvalue weighted by atomic mass is 35.5. The number of hydrogen-bond donors (Lipinski definition) is 0. The molecule has 2 aliphatic rings. The molecule has 2 heterocycles. The summed E-state index contributed by atoms with van der Waals surface area (Å²) in [6, 6.07) is 7.84. The Morgan fingerprint density at radius 1 is 1.19 bits per heavy atom. The summed E-state index contributed by atoms with van der Waals surface area (Å²) in [6.07, 6.45) is 5.84. The zero-order valence-electron chi connectivity index (χ0n) is 14.6. The normalized spacial score (nSPS) is 20.3. The molecule has 1 amide bonds. The SMILES string of the molecule is O=C(N1CCC(Oc2nncs2)CC1)C1(c2ccc(Cl)cc2)CCCC1. The quantitative estimate of drug-likeness (QED) is 0.788. The highest BCUT2D eigenvalue weighted by molar-refractivity contribution is 7.11. The van der Waals surface area contributed by atoms with Crippen LogP contribution in [0, 0.1) is 0 Å². The summed E-state index contributed by atoms with van der Waals surface area (Å²) in [5.74, 6) is 0.270. The first-order valence-electron chi connectivity index (χ1n) is 9.16. The van der Waals surface area contributed by atoms with Gasteiger partial charge in [0.15, 0.2) is 0 Å². The van der Waals surface area contributed by atoms with Gasteiger partial charge in [-0.2, -0.15) is 0 Å². The maximum Gasteiger partial charge on any atom is 0.294 e. The number of hydrogen-bond acceptors (Lipinski definition) is 5. The Balaban J connectivity index is 1.45. The molecule has 0 radical (unpaired) electrons. The summed E-state index contributed by atoms with van der Waals surface area (Å²) >= 11 is 7.45. The minimum absolute atomic E-state index is 0.113. The fourth-order valence-corrected chi connectivity index (χ4v) is 4.81. The smallest absolute Gasteiger partial charge is 0.294 e. The zero-order valence-corrected chi connectivity index (χ0v) is 16.1. The largest absolute Gasteiger partial charge is 0.465 e. The summed E-state index contributed by atoms with van der Waals surface area (Å²) in [4.78, 5) is 15.5. The molecule has 5 nitrogen and oxygen atoms in total. The monoisotopic (exact) mass is 391 g/mol. The second kappa shape index (κ2) is 7.53. The van der Waals surface area contributed by atoms with Gasteiger partial charge in [-0.3, -0.25) is 4.79 Å². The summed E-state index contributed by atoms with van der Waals surface area (Å²) in [5, 5.41) is 9.07. The van der Waals surface area contributed by atoms with Crippen LogP contribution in [-0.4, -0.2) is 40.2 Å². The fourth-order valence-electron chi connectivity index (χ4n) is 4.21. The van der Waals surface area contributed by atoms with E-state index in [1.165, 1.54) is 11.3 Å². The molecule has 1 aliphatic heterocycles. The second-order valence-corrected chi connectivity index (χ2v) is 8.34. The van der Waals surface area contributed by atoms with Crippen LogP contribution in [0.3, 0.4) is 0 Å². The van der Waals surface area contributed by atoms with Gasteiger partial charge in [-0.05, 0) is 30.5 Å². The van der Waals surface area contributed by atoms with Gasteiger partial charge in [-0.15, -0.1) is 10.2 Å². The first-order chi connectivity index (χ1) is 12.7. The summed E-state index contributed by atoms with van der Waals surface area (Å²) in [6.45, 7) is 1.47. The number of benzene rings is 1. The van der Waals surface area contributed by atoms with Crippen LogP contribution in [0.25, 0.3) is 0 Å². The number of rotatable bonds is 4. The van der Waals surface area contributed by atoms with Crippen LogP contribution in [0.1, 0.15) is 44.1 Å². The third-order valence-electron chi connectivity index (χ3n) is 5.60. The molecule has 0 unspecified atom stereocenters. The number of aromatic nitrogens is 2. The number of likely N-dealkylation sites (tertiary alicyclic amines) is 1. The molecule has 0 spiro atoms. The van der Waals surface area contributed by atoms with Gasteiger partial charge >= 0.3 is 0 Å². The van der Waals surface area contributed by atoms with Crippen LogP contribution in [0.4, 0.5) is 0 Å². The molecule has 2 fully saturated rings. The lowest BCUT2D eigenvalue weighted by molar-refractivity contribution is -0.139. The molecular formula is C19H22ClN3O2S. The van der Waals surface area contributed by atoms with E-state index in [4.69, 9.17) is 16.3 Å². The number of carbonyl (C=O) groups is 1. The second-order valence-electron chi connectivity index (χ2n) is 7.11. The van der Waals surface area contributed by atoms with Crippen LogP contribution in [0.15, 0.2) is 29.8 Å². The maximum atomic E-state index is 13.5. The van der Waals surface area contributed by atoms with Gasteiger partial charge in [0, 0.05) is 31.0 Å². The third kappa shape index (κ3) is 3.45. The van der Waals surface area contributed by atoms with E-state index in [1.807, 2.05) is 29.2 Å². The lowest BCUT2D eigenvalue weighted by Gasteiger charge is -2.38. The average molecular weight is 392 g/mol. The van der Waals surface area contributed by atoms with Crippen molar-refractivity contribution in [1.29, 1.82) is 0 Å². The number of amides is 1. The molecule has 0 atom stereocenters. The molecule has 1 aromatic carbocycles. The molecule has 1 saturated carbocycles. The zero-order chi connectivity index (χ0) is 18.0. The number of nitrogens with zero attached hydrogens (tertiary/aromatic N) is 3. The van der Waals surface area contributed by atoms with Crippen molar-refractivity contribution in [3.05, 3.63) is 40.4 Å². The standard InChI is InChI=1S/C19H22ClN3O2S/c20-15-5-3-14(4-6-15)19(9-1-2-10-19)17(24)23-11-7-16(8-12-23)25-18-22-21-13-26-18/h3-6,13,16H,1-2,7-12H2. The minimum Gasteiger partial charge on any atom is -0.465 e. The molecule has 1 saturated heterocycles. The van der Waals surface area contributed by atoms with E-state index in [2.05, 4.69) is 10.2 Å². The van der Waals surface area contributed by atoms with E-state index in [-0.39, 0.29) is 17.4 Å². The molecule has 1 aromatic heterocycles. The van der Waals surface area contributed by atoms with E-state index in [0.29, 0.717) is 10.2 Å². The van der Waals surface area contributed by atoms with Crippen molar-refractivity contribution in [3.8, 4) is 5.19 Å². The molecule has 1 aliphatic carbocycles. The molecule has 7 heteroatoms. The van der Waals surface area contributed by atoms with E-state index in [1.54, 1.807) is 5.51 Å². The Morgan fingerprint density at radius 3 is 2.50 bits per heavy atom. The Bertz CT molecular complexity index is 737. The van der Waals surface area contributed by atoms with Gasteiger partial charge in [0.1, 0.15) is 11.6 Å². The average Bonchev–Trinajstić information content (AvgIpc) is 3.35. The van der Waals surface area contributed by atoms with Crippen molar-refractivity contribution in [2.45, 2.75) is 50.0 Å². The van der Waals surface area contributed by atoms with Gasteiger partial charge in [-0.25, -0.2) is 0 Å². The van der Waals surface area contributed by atoms with Crippen molar-refractivity contribution in [3.63, 3.8) is 0 Å². The van der Waals surface area contributed by atoms with Crippen LogP contribution in [0.2, 0.25) is 5.02 Å². The van der Waals surface area contributed by atoms with E-state index in [0.717, 1.165) is 57.2 Å². The molecule has 26 heavy (non-hydrogen) atoms. The van der Waals surface area contributed by atoms with Crippen molar-refractivity contribution in [1.82, 2.24) is 15.1 Å². The molecule has 138 valence electrons. The first-order valence-corrected chi connectivity index (χ1v) is 10.4. The van der Waals surface area contributed by atoms with E-state index < -0.39 is 0 Å². The summed E-state index contributed by atoms with van der Waals surface area (Å²) < 4.78 is 5.86. The number of carbonyl (C=O) groups excluding carboxylic acids is 1. The highest BCUT2D eigenvalue weighted by Crippen LogP contribution is 2.43. The summed E-state index contributed by atoms with van der Waals surface area (Å²) in [5.41, 5.74) is 2.40. The van der Waals surface area contributed by atoms with Crippen molar-refractivity contribution in [2.24, 2.45) is 0 Å². The van der Waals surface area contributed by atoms with Gasteiger partial charge < -0.3 is 9.64 Å². The number of ether oxygens (including phenoxy) is 1. The predicted molar refractivity (Wildman–Crippen MR) is 102 cm³/mol. The van der Waals surface area contributed by atoms with E-state index >= 15 is 0 Å². The van der Waals surface area contributed by atoms with Crippen molar-refractivity contribution < 1.29 is 9.53 Å². The predicted octanol–water partition coefficient (Wildman–Crippen LogP) is 4.07. The lowest BCUT2D eigenvalue weighted by atomic mass is 9.77. The Morgan fingerprint density at radius 2 is 1.88 bits per heavy atom. The molecular weight excluding hydrogens is 370 g/mol. The Hall–Kier alpha value is -1.66. The lowest BCUT2D eigenvalue weighted by Crippen LogP contribution is -2.50.